The van der Waals surface area contributed by atoms with E-state index in [1.165, 1.54) is 14.2 Å². The van der Waals surface area contributed by atoms with Gasteiger partial charge in [0.2, 0.25) is 0 Å². The van der Waals surface area contributed by atoms with Crippen LogP contribution in [0.15, 0.2) is 42.6 Å². The van der Waals surface area contributed by atoms with Gasteiger partial charge in [-0.05, 0) is 55.2 Å². The molecule has 0 atom stereocenters. The van der Waals surface area contributed by atoms with Crippen LogP contribution in [0.3, 0.4) is 0 Å². The molecule has 0 saturated carbocycles. The molecule has 3 aromatic rings. The van der Waals surface area contributed by atoms with Gasteiger partial charge in [0.1, 0.15) is 11.3 Å². The molecule has 31 heavy (non-hydrogen) atoms. The normalized spacial score (nSPS) is 14.6. The van der Waals surface area contributed by atoms with Gasteiger partial charge in [0.15, 0.2) is 0 Å². The Hall–Kier alpha value is -3.06. The molecule has 2 heterocycles. The summed E-state index contributed by atoms with van der Waals surface area (Å²) in [5.41, 5.74) is 1.81. The summed E-state index contributed by atoms with van der Waals surface area (Å²) < 4.78 is 12.2. The molecule has 0 unspecified atom stereocenters. The van der Waals surface area contributed by atoms with Gasteiger partial charge in [0.25, 0.3) is 5.91 Å². The third-order valence-corrected chi connectivity index (χ3v) is 5.99. The van der Waals surface area contributed by atoms with Crippen LogP contribution in [0.2, 0.25) is 5.02 Å². The van der Waals surface area contributed by atoms with Crippen LogP contribution in [0.5, 0.6) is 5.75 Å². The molecule has 1 aliphatic rings. The minimum atomic E-state index is -0.441. The van der Waals surface area contributed by atoms with E-state index in [1.54, 1.807) is 36.4 Å². The number of methoxy groups -OCH3 is 2. The van der Waals surface area contributed by atoms with E-state index >= 15 is 0 Å². The molecule has 2 aromatic carbocycles. The number of benzene rings is 2. The fraction of sp³-hybridized carbons (Fsp3) is 0.348. The van der Waals surface area contributed by atoms with Crippen LogP contribution in [0, 0.1) is 5.92 Å². The van der Waals surface area contributed by atoms with Crippen LogP contribution < -0.4 is 4.74 Å². The second-order valence-electron chi connectivity index (χ2n) is 7.66. The van der Waals surface area contributed by atoms with Crippen molar-refractivity contribution in [2.24, 2.45) is 5.92 Å². The van der Waals surface area contributed by atoms with Gasteiger partial charge < -0.3 is 14.4 Å². The van der Waals surface area contributed by atoms with Crippen molar-refractivity contribution in [3.63, 3.8) is 0 Å². The number of hydrogen-bond donors (Lipinski definition) is 0. The Morgan fingerprint density at radius 2 is 1.81 bits per heavy atom. The lowest BCUT2D eigenvalue weighted by molar-refractivity contribution is 0.0596. The number of carbonyl (C=O) groups is 2. The number of piperidine rings is 1. The van der Waals surface area contributed by atoms with Crippen LogP contribution in [-0.2, 0) is 11.3 Å². The molecule has 1 saturated heterocycles. The van der Waals surface area contributed by atoms with Crippen LogP contribution in [0.4, 0.5) is 0 Å². The number of fused-ring (bicyclic) bond motifs is 1. The van der Waals surface area contributed by atoms with E-state index in [4.69, 9.17) is 21.1 Å². The molecule has 162 valence electrons. The summed E-state index contributed by atoms with van der Waals surface area (Å²) >= 11 is 5.91. The van der Waals surface area contributed by atoms with Crippen LogP contribution in [0.1, 0.15) is 33.6 Å². The number of rotatable bonds is 5. The third kappa shape index (κ3) is 4.37. The summed E-state index contributed by atoms with van der Waals surface area (Å²) in [6.07, 6.45) is 3.71. The Labute approximate surface area is 185 Å². The van der Waals surface area contributed by atoms with Gasteiger partial charge in [0.05, 0.1) is 25.1 Å². The summed E-state index contributed by atoms with van der Waals surface area (Å²) in [5, 5.41) is 6.04. The largest absolute Gasteiger partial charge is 0.495 e. The summed E-state index contributed by atoms with van der Waals surface area (Å²) in [5.74, 6) is 0.484. The maximum Gasteiger partial charge on any atom is 0.341 e. The van der Waals surface area contributed by atoms with E-state index in [2.05, 4.69) is 5.10 Å². The van der Waals surface area contributed by atoms with Gasteiger partial charge in [-0.25, -0.2) is 4.79 Å². The molecule has 1 aromatic heterocycles. The average molecular weight is 442 g/mol. The smallest absolute Gasteiger partial charge is 0.341 e. The Morgan fingerprint density at radius 1 is 1.10 bits per heavy atom. The first kappa shape index (κ1) is 21.2. The fourth-order valence-electron chi connectivity index (χ4n) is 4.06. The quantitative estimate of drug-likeness (QED) is 0.559. The van der Waals surface area contributed by atoms with Crippen LogP contribution in [-0.4, -0.2) is 53.9 Å². The summed E-state index contributed by atoms with van der Waals surface area (Å²) in [7, 11) is 2.88. The molecule has 1 fully saturated rings. The Kier molecular flexibility index (Phi) is 6.13. The van der Waals surface area contributed by atoms with Gasteiger partial charge in [-0.3, -0.25) is 9.48 Å². The van der Waals surface area contributed by atoms with Crippen molar-refractivity contribution >= 4 is 34.4 Å². The van der Waals surface area contributed by atoms with E-state index in [9.17, 15) is 9.59 Å². The lowest BCUT2D eigenvalue weighted by Crippen LogP contribution is -2.39. The number of likely N-dealkylation sites (tertiary alicyclic amines) is 1. The van der Waals surface area contributed by atoms with E-state index in [0.717, 1.165) is 30.3 Å². The molecule has 0 radical (unpaired) electrons. The van der Waals surface area contributed by atoms with Gasteiger partial charge >= 0.3 is 5.97 Å². The zero-order valence-corrected chi connectivity index (χ0v) is 18.3. The Balaban J connectivity index is 1.43. The first-order valence-electron chi connectivity index (χ1n) is 10.2. The topological polar surface area (TPSA) is 73.7 Å². The maximum absolute atomic E-state index is 12.7. The van der Waals surface area contributed by atoms with Crippen molar-refractivity contribution in [1.82, 2.24) is 14.7 Å². The van der Waals surface area contributed by atoms with Crippen molar-refractivity contribution in [2.45, 2.75) is 19.4 Å². The highest BCUT2D eigenvalue weighted by Crippen LogP contribution is 2.30. The lowest BCUT2D eigenvalue weighted by Gasteiger charge is -2.32. The summed E-state index contributed by atoms with van der Waals surface area (Å²) in [6, 6.07) is 10.5. The second-order valence-corrected chi connectivity index (χ2v) is 8.10. The average Bonchev–Trinajstić information content (AvgIpc) is 3.21. The predicted molar refractivity (Wildman–Crippen MR) is 118 cm³/mol. The second kappa shape index (κ2) is 8.98. The molecule has 7 nitrogen and oxygen atoms in total. The highest BCUT2D eigenvalue weighted by atomic mass is 35.5. The predicted octanol–water partition coefficient (Wildman–Crippen LogP) is 4.04. The minimum Gasteiger partial charge on any atom is -0.495 e. The Bertz CT molecular complexity index is 1100. The zero-order chi connectivity index (χ0) is 22.0. The maximum atomic E-state index is 12.7. The molecule has 0 spiro atoms. The van der Waals surface area contributed by atoms with Gasteiger partial charge in [0, 0.05) is 36.4 Å². The SMILES string of the molecule is COC(=O)c1ccc2nn(CC3CCN(C(=O)c4ccc(Cl)cc4)CC3)cc2c1OC. The molecule has 0 bridgehead atoms. The van der Waals surface area contributed by atoms with Crippen LogP contribution >= 0.6 is 11.6 Å². The number of carbonyl (C=O) groups excluding carboxylic acids is 2. The number of ether oxygens (including phenoxy) is 2. The van der Waals surface area contributed by atoms with Gasteiger partial charge in [-0.15, -0.1) is 0 Å². The van der Waals surface area contributed by atoms with Crippen molar-refractivity contribution in [3.8, 4) is 5.75 Å². The van der Waals surface area contributed by atoms with E-state index in [0.29, 0.717) is 40.9 Å². The number of nitrogens with zero attached hydrogens (tertiary/aromatic N) is 3. The first-order chi connectivity index (χ1) is 15.0. The van der Waals surface area contributed by atoms with Crippen molar-refractivity contribution in [2.75, 3.05) is 27.3 Å². The Morgan fingerprint density at radius 3 is 2.45 bits per heavy atom. The monoisotopic (exact) mass is 441 g/mol. The molecular formula is C23H24ClN3O4. The minimum absolute atomic E-state index is 0.0417. The summed E-state index contributed by atoms with van der Waals surface area (Å²) in [4.78, 5) is 26.6. The number of amides is 1. The molecular weight excluding hydrogens is 418 g/mol. The van der Waals surface area contributed by atoms with E-state index in [-0.39, 0.29) is 5.91 Å². The van der Waals surface area contributed by atoms with Crippen molar-refractivity contribution < 1.29 is 19.1 Å². The van der Waals surface area contributed by atoms with E-state index in [1.807, 2.05) is 15.8 Å². The molecule has 1 amide bonds. The molecule has 0 aliphatic carbocycles. The molecule has 8 heteroatoms. The first-order valence-corrected chi connectivity index (χ1v) is 10.5. The fourth-order valence-corrected chi connectivity index (χ4v) is 4.19. The lowest BCUT2D eigenvalue weighted by atomic mass is 9.96. The molecule has 1 aliphatic heterocycles. The number of esters is 1. The standard InChI is InChI=1S/C23H24ClN3O4/c1-30-21-18(23(29)31-2)7-8-20-19(21)14-27(25-20)13-15-9-11-26(12-10-15)22(28)16-3-5-17(24)6-4-16/h3-8,14-15H,9-13H2,1-2H3. The number of aromatic nitrogens is 2. The van der Waals surface area contributed by atoms with Crippen molar-refractivity contribution in [1.29, 1.82) is 0 Å². The molecule has 0 N–H and O–H groups in total. The summed E-state index contributed by atoms with van der Waals surface area (Å²) in [6.45, 7) is 2.17. The van der Waals surface area contributed by atoms with Crippen LogP contribution in [0.25, 0.3) is 10.9 Å². The molecule has 4 rings (SSSR count). The van der Waals surface area contributed by atoms with E-state index < -0.39 is 5.97 Å². The van der Waals surface area contributed by atoms with Gasteiger partial charge in [-0.1, -0.05) is 11.6 Å². The van der Waals surface area contributed by atoms with Crippen molar-refractivity contribution in [3.05, 3.63) is 58.7 Å². The number of halogens is 1. The highest BCUT2D eigenvalue weighted by molar-refractivity contribution is 6.30. The third-order valence-electron chi connectivity index (χ3n) is 5.73. The zero-order valence-electron chi connectivity index (χ0n) is 17.5. The number of hydrogen-bond acceptors (Lipinski definition) is 5. The highest BCUT2D eigenvalue weighted by Gasteiger charge is 2.25. The van der Waals surface area contributed by atoms with Gasteiger partial charge in [-0.2, -0.15) is 5.10 Å².